The molecule has 3 rings (SSSR count). The van der Waals surface area contributed by atoms with Crippen LogP contribution in [0, 0.1) is 0 Å². The van der Waals surface area contributed by atoms with E-state index in [1.807, 2.05) is 42.2 Å². The van der Waals surface area contributed by atoms with E-state index in [2.05, 4.69) is 43.4 Å². The summed E-state index contributed by atoms with van der Waals surface area (Å²) in [7, 11) is 0. The Kier molecular flexibility index (Phi) is 4.49. The summed E-state index contributed by atoms with van der Waals surface area (Å²) in [5.74, 6) is 0.199. The van der Waals surface area contributed by atoms with E-state index >= 15 is 0 Å². The fraction of sp³-hybridized carbons (Fsp3) is 0.350. The molecule has 0 saturated heterocycles. The average molecular weight is 309 g/mol. The molecule has 1 aliphatic heterocycles. The summed E-state index contributed by atoms with van der Waals surface area (Å²) in [6.07, 6.45) is 0.947. The maximum absolute atomic E-state index is 13.0. The highest BCUT2D eigenvalue weighted by Crippen LogP contribution is 2.32. The van der Waals surface area contributed by atoms with Crippen LogP contribution in [0.25, 0.3) is 0 Å². The number of rotatable bonds is 4. The van der Waals surface area contributed by atoms with Gasteiger partial charge in [0, 0.05) is 17.3 Å². The molecule has 3 atom stereocenters. The largest absolute Gasteiger partial charge is 0.330 e. The van der Waals surface area contributed by atoms with Gasteiger partial charge in [-0.3, -0.25) is 4.79 Å². The van der Waals surface area contributed by atoms with Gasteiger partial charge >= 0.3 is 0 Å². The van der Waals surface area contributed by atoms with Gasteiger partial charge in [0.25, 0.3) is 5.91 Å². The van der Waals surface area contributed by atoms with Crippen molar-refractivity contribution in [3.05, 3.63) is 65.7 Å². The highest BCUT2D eigenvalue weighted by atomic mass is 16.2. The fourth-order valence-corrected chi connectivity index (χ4v) is 3.50. The summed E-state index contributed by atoms with van der Waals surface area (Å²) < 4.78 is 0. The summed E-state index contributed by atoms with van der Waals surface area (Å²) in [6.45, 7) is 6.29. The Balaban J connectivity index is 1.73. The number of hydrogen-bond acceptors (Lipinski definition) is 1. The van der Waals surface area contributed by atoms with Crippen molar-refractivity contribution in [2.24, 2.45) is 0 Å². The number of fused-ring (bicyclic) bond motifs is 1. The lowest BCUT2D eigenvalue weighted by molar-refractivity contribution is -0.710. The van der Waals surface area contributed by atoms with E-state index in [1.54, 1.807) is 0 Å². The smallest absolute Gasteiger partial charge is 0.285 e. The van der Waals surface area contributed by atoms with Crippen molar-refractivity contribution in [2.45, 2.75) is 45.3 Å². The Labute approximate surface area is 138 Å². The van der Waals surface area contributed by atoms with Crippen LogP contribution in [0.2, 0.25) is 0 Å². The van der Waals surface area contributed by atoms with Gasteiger partial charge in [-0.2, -0.15) is 0 Å². The Morgan fingerprint density at radius 3 is 2.48 bits per heavy atom. The second kappa shape index (κ2) is 6.55. The number of quaternary nitrogens is 1. The van der Waals surface area contributed by atoms with Crippen molar-refractivity contribution in [1.82, 2.24) is 0 Å². The maximum Gasteiger partial charge on any atom is 0.285 e. The van der Waals surface area contributed by atoms with E-state index in [0.29, 0.717) is 0 Å². The van der Waals surface area contributed by atoms with Crippen molar-refractivity contribution in [3.63, 3.8) is 0 Å². The molecule has 1 heterocycles. The monoisotopic (exact) mass is 309 g/mol. The zero-order valence-corrected chi connectivity index (χ0v) is 14.1. The number of carbonyl (C=O) groups excluding carboxylic acids is 1. The summed E-state index contributed by atoms with van der Waals surface area (Å²) in [4.78, 5) is 15.0. The third kappa shape index (κ3) is 3.15. The van der Waals surface area contributed by atoms with Crippen molar-refractivity contribution < 1.29 is 10.1 Å². The van der Waals surface area contributed by atoms with E-state index in [4.69, 9.17) is 0 Å². The van der Waals surface area contributed by atoms with E-state index < -0.39 is 0 Å². The third-order valence-corrected chi connectivity index (χ3v) is 4.74. The topological polar surface area (TPSA) is 36.9 Å². The second-order valence-electron chi connectivity index (χ2n) is 6.57. The number of carbonyl (C=O) groups is 1. The molecule has 2 aromatic rings. The van der Waals surface area contributed by atoms with Gasteiger partial charge in [-0.25, -0.2) is 0 Å². The molecule has 0 bridgehead atoms. The molecule has 120 valence electrons. The molecule has 2 aromatic carbocycles. The van der Waals surface area contributed by atoms with Gasteiger partial charge in [0.15, 0.2) is 6.04 Å². The van der Waals surface area contributed by atoms with Crippen LogP contribution >= 0.6 is 0 Å². The van der Waals surface area contributed by atoms with Crippen LogP contribution in [0.1, 0.15) is 37.9 Å². The standard InChI is InChI=1S/C20H24N2O/c1-14-13-18-11-7-8-12-19(18)22(14)20(23)16(3)21-15(2)17-9-5-4-6-10-17/h4-12,14-16,21H,13H2,1-3H3/p+1/t14-,15+,16+/m1/s1. The van der Waals surface area contributed by atoms with Crippen molar-refractivity contribution in [3.8, 4) is 0 Å². The van der Waals surface area contributed by atoms with Crippen LogP contribution in [-0.4, -0.2) is 18.0 Å². The molecule has 1 aliphatic rings. The van der Waals surface area contributed by atoms with Gasteiger partial charge in [-0.15, -0.1) is 0 Å². The van der Waals surface area contributed by atoms with Crippen LogP contribution in [0.3, 0.4) is 0 Å². The molecule has 0 aromatic heterocycles. The van der Waals surface area contributed by atoms with Crippen LogP contribution in [0.5, 0.6) is 0 Å². The molecule has 3 heteroatoms. The molecule has 0 spiro atoms. The molecular formula is C20H25N2O+. The number of benzene rings is 2. The summed E-state index contributed by atoms with van der Waals surface area (Å²) in [6, 6.07) is 19.0. The van der Waals surface area contributed by atoms with Crippen LogP contribution in [0.4, 0.5) is 5.69 Å². The van der Waals surface area contributed by atoms with E-state index in [1.165, 1.54) is 11.1 Å². The molecule has 2 N–H and O–H groups in total. The van der Waals surface area contributed by atoms with Crippen LogP contribution < -0.4 is 10.2 Å². The minimum Gasteiger partial charge on any atom is -0.330 e. The number of hydrogen-bond donors (Lipinski definition) is 1. The maximum atomic E-state index is 13.0. The number of para-hydroxylation sites is 1. The van der Waals surface area contributed by atoms with E-state index in [0.717, 1.165) is 12.1 Å². The third-order valence-electron chi connectivity index (χ3n) is 4.74. The molecule has 0 radical (unpaired) electrons. The van der Waals surface area contributed by atoms with Gasteiger partial charge in [-0.1, -0.05) is 48.5 Å². The molecular weight excluding hydrogens is 284 g/mol. The lowest BCUT2D eigenvalue weighted by Gasteiger charge is -2.26. The number of anilines is 1. The molecule has 23 heavy (non-hydrogen) atoms. The van der Waals surface area contributed by atoms with E-state index in [9.17, 15) is 4.79 Å². The van der Waals surface area contributed by atoms with Gasteiger partial charge in [-0.05, 0) is 38.8 Å². The van der Waals surface area contributed by atoms with Gasteiger partial charge < -0.3 is 10.2 Å². The first-order valence-electron chi connectivity index (χ1n) is 8.39. The quantitative estimate of drug-likeness (QED) is 0.926. The molecule has 0 aliphatic carbocycles. The normalized spacial score (nSPS) is 19.3. The zero-order valence-electron chi connectivity index (χ0n) is 14.1. The SMILES string of the molecule is C[C@H]([NH2+][C@@H](C)c1ccccc1)C(=O)N1c2ccccc2C[C@H]1C. The van der Waals surface area contributed by atoms with Crippen molar-refractivity contribution in [2.75, 3.05) is 4.90 Å². The van der Waals surface area contributed by atoms with E-state index in [-0.39, 0.29) is 24.0 Å². The summed E-state index contributed by atoms with van der Waals surface area (Å²) >= 11 is 0. The fourth-order valence-electron chi connectivity index (χ4n) is 3.50. The minimum atomic E-state index is -0.0983. The molecule has 1 amide bonds. The van der Waals surface area contributed by atoms with Crippen molar-refractivity contribution in [1.29, 1.82) is 0 Å². The Morgan fingerprint density at radius 2 is 1.74 bits per heavy atom. The lowest BCUT2D eigenvalue weighted by atomic mass is 10.1. The molecule has 0 fully saturated rings. The summed E-state index contributed by atoms with van der Waals surface area (Å²) in [5.41, 5.74) is 3.61. The number of nitrogens with zero attached hydrogens (tertiary/aromatic N) is 1. The molecule has 0 unspecified atom stereocenters. The van der Waals surface area contributed by atoms with Crippen molar-refractivity contribution >= 4 is 11.6 Å². The Morgan fingerprint density at radius 1 is 1.09 bits per heavy atom. The average Bonchev–Trinajstić information content (AvgIpc) is 2.90. The van der Waals surface area contributed by atoms with Crippen LogP contribution in [0.15, 0.2) is 54.6 Å². The molecule has 0 saturated carbocycles. The second-order valence-corrected chi connectivity index (χ2v) is 6.57. The van der Waals surface area contributed by atoms with Gasteiger partial charge in [0.05, 0.1) is 0 Å². The highest BCUT2D eigenvalue weighted by Gasteiger charge is 2.35. The first-order chi connectivity index (χ1) is 11.1. The number of amides is 1. The Hall–Kier alpha value is -2.13. The van der Waals surface area contributed by atoms with Crippen LogP contribution in [-0.2, 0) is 11.2 Å². The predicted octanol–water partition coefficient (Wildman–Crippen LogP) is 2.68. The Bertz CT molecular complexity index is 683. The zero-order chi connectivity index (χ0) is 16.4. The predicted molar refractivity (Wildman–Crippen MR) is 93.3 cm³/mol. The van der Waals surface area contributed by atoms with Gasteiger partial charge in [0.1, 0.15) is 6.04 Å². The highest BCUT2D eigenvalue weighted by molar-refractivity contribution is 5.98. The first-order valence-corrected chi connectivity index (χ1v) is 8.39. The van der Waals surface area contributed by atoms with Gasteiger partial charge in [0.2, 0.25) is 0 Å². The lowest BCUT2D eigenvalue weighted by Crippen LogP contribution is -2.92. The minimum absolute atomic E-state index is 0.0983. The summed E-state index contributed by atoms with van der Waals surface area (Å²) in [5, 5.41) is 2.16. The molecule has 3 nitrogen and oxygen atoms in total. The number of nitrogens with two attached hydrogens (primary N) is 1. The first kappa shape index (κ1) is 15.8.